The van der Waals surface area contributed by atoms with Gasteiger partial charge in [-0.25, -0.2) is 13.1 Å². The highest BCUT2D eigenvalue weighted by atomic mass is 79.9. The zero-order valence-corrected chi connectivity index (χ0v) is 12.2. The molecule has 4 nitrogen and oxygen atoms in total. The Morgan fingerprint density at radius 1 is 1.56 bits per heavy atom. The Labute approximate surface area is 108 Å². The molecule has 16 heavy (non-hydrogen) atoms. The van der Waals surface area contributed by atoms with Crippen LogP contribution in [0.25, 0.3) is 0 Å². The smallest absolute Gasteiger partial charge is 0.250 e. The van der Waals surface area contributed by atoms with Crippen LogP contribution < -0.4 is 4.72 Å². The Hall–Kier alpha value is 0.0500. The maximum atomic E-state index is 11.8. The Balaban J connectivity index is 2.74. The van der Waals surface area contributed by atoms with Crippen molar-refractivity contribution in [3.8, 4) is 0 Å². The lowest BCUT2D eigenvalue weighted by Crippen LogP contribution is -2.39. The van der Waals surface area contributed by atoms with Gasteiger partial charge in [0.05, 0.1) is 9.39 Å². The van der Waals surface area contributed by atoms with Crippen LogP contribution in [0.3, 0.4) is 0 Å². The molecule has 0 aliphatic carbocycles. The van der Waals surface area contributed by atoms with Crippen LogP contribution in [0.2, 0.25) is 0 Å². The summed E-state index contributed by atoms with van der Waals surface area (Å²) in [5.41, 5.74) is -1.01. The van der Waals surface area contributed by atoms with E-state index in [2.05, 4.69) is 20.7 Å². The van der Waals surface area contributed by atoms with Crippen molar-refractivity contribution in [3.05, 3.63) is 15.9 Å². The summed E-state index contributed by atoms with van der Waals surface area (Å²) in [6, 6.07) is 3.20. The van der Waals surface area contributed by atoms with Crippen molar-refractivity contribution in [2.24, 2.45) is 0 Å². The SMILES string of the molecule is CCC(C)(O)CNS(=O)(=O)c1ccc(Br)s1. The molecule has 1 aromatic heterocycles. The van der Waals surface area contributed by atoms with Crippen LogP contribution in [0.4, 0.5) is 0 Å². The number of rotatable bonds is 5. The predicted octanol–water partition coefficient (Wildman–Crippen LogP) is 1.95. The summed E-state index contributed by atoms with van der Waals surface area (Å²) in [5, 5.41) is 9.71. The molecule has 0 aliphatic rings. The highest BCUT2D eigenvalue weighted by molar-refractivity contribution is 9.11. The molecule has 1 atom stereocenters. The van der Waals surface area contributed by atoms with Gasteiger partial charge < -0.3 is 5.11 Å². The molecule has 1 rings (SSSR count). The van der Waals surface area contributed by atoms with Crippen LogP contribution in [0.5, 0.6) is 0 Å². The van der Waals surface area contributed by atoms with E-state index in [0.717, 1.165) is 15.1 Å². The predicted molar refractivity (Wildman–Crippen MR) is 68.1 cm³/mol. The normalized spacial score (nSPS) is 16.0. The van der Waals surface area contributed by atoms with Gasteiger partial charge in [0.15, 0.2) is 0 Å². The molecular weight excluding hydrogens is 314 g/mol. The van der Waals surface area contributed by atoms with E-state index in [0.29, 0.717) is 6.42 Å². The lowest BCUT2D eigenvalue weighted by atomic mass is 10.1. The molecule has 1 aromatic rings. The third-order valence-electron chi connectivity index (χ3n) is 2.22. The zero-order valence-electron chi connectivity index (χ0n) is 9.03. The van der Waals surface area contributed by atoms with Gasteiger partial charge in [-0.1, -0.05) is 6.92 Å². The van der Waals surface area contributed by atoms with Gasteiger partial charge in [-0.3, -0.25) is 0 Å². The summed E-state index contributed by atoms with van der Waals surface area (Å²) < 4.78 is 26.9. The van der Waals surface area contributed by atoms with Crippen molar-refractivity contribution in [1.82, 2.24) is 4.72 Å². The number of halogens is 1. The number of thiophene rings is 1. The topological polar surface area (TPSA) is 66.4 Å². The number of nitrogens with one attached hydrogen (secondary N) is 1. The molecule has 0 spiro atoms. The third-order valence-corrected chi connectivity index (χ3v) is 5.73. The second-order valence-electron chi connectivity index (χ2n) is 3.73. The summed E-state index contributed by atoms with van der Waals surface area (Å²) >= 11 is 4.34. The van der Waals surface area contributed by atoms with Gasteiger partial charge in [-0.2, -0.15) is 0 Å². The van der Waals surface area contributed by atoms with Gasteiger partial charge in [0.25, 0.3) is 0 Å². The van der Waals surface area contributed by atoms with Crippen molar-refractivity contribution < 1.29 is 13.5 Å². The van der Waals surface area contributed by atoms with Gasteiger partial charge >= 0.3 is 0 Å². The van der Waals surface area contributed by atoms with E-state index >= 15 is 0 Å². The first kappa shape index (κ1) is 14.1. The fourth-order valence-electron chi connectivity index (χ4n) is 0.889. The van der Waals surface area contributed by atoms with Crippen molar-refractivity contribution in [3.63, 3.8) is 0 Å². The quantitative estimate of drug-likeness (QED) is 0.868. The molecule has 92 valence electrons. The first-order valence-electron chi connectivity index (χ1n) is 4.74. The van der Waals surface area contributed by atoms with E-state index in [1.165, 1.54) is 6.07 Å². The summed E-state index contributed by atoms with van der Waals surface area (Å²) in [6.45, 7) is 3.41. The lowest BCUT2D eigenvalue weighted by Gasteiger charge is -2.21. The van der Waals surface area contributed by atoms with E-state index in [9.17, 15) is 13.5 Å². The summed E-state index contributed by atoms with van der Waals surface area (Å²) in [4.78, 5) is 0. The van der Waals surface area contributed by atoms with Gasteiger partial charge in [0.2, 0.25) is 10.0 Å². The molecule has 1 unspecified atom stereocenters. The zero-order chi connectivity index (χ0) is 12.4. The van der Waals surface area contributed by atoms with Crippen molar-refractivity contribution >= 4 is 37.3 Å². The molecule has 0 aliphatic heterocycles. The Bertz CT molecular complexity index is 453. The summed E-state index contributed by atoms with van der Waals surface area (Å²) in [7, 11) is -3.50. The Morgan fingerprint density at radius 2 is 2.19 bits per heavy atom. The standard InChI is InChI=1S/C9H14BrNO3S2/c1-3-9(2,12)6-11-16(13,14)8-5-4-7(10)15-8/h4-5,11-12H,3,6H2,1-2H3. The molecule has 7 heteroatoms. The molecule has 0 saturated carbocycles. The lowest BCUT2D eigenvalue weighted by molar-refractivity contribution is 0.0614. The van der Waals surface area contributed by atoms with Crippen LogP contribution in [0, 0.1) is 0 Å². The molecule has 0 bridgehead atoms. The number of aliphatic hydroxyl groups is 1. The second kappa shape index (κ2) is 5.14. The number of hydrogen-bond acceptors (Lipinski definition) is 4. The highest BCUT2D eigenvalue weighted by Gasteiger charge is 2.23. The molecule has 0 aromatic carbocycles. The van der Waals surface area contributed by atoms with Gasteiger partial charge in [-0.05, 0) is 41.4 Å². The molecule has 1 heterocycles. The fourth-order valence-corrected chi connectivity index (χ4v) is 4.11. The molecule has 0 radical (unpaired) electrons. The largest absolute Gasteiger partial charge is 0.389 e. The minimum atomic E-state index is -3.50. The van der Waals surface area contributed by atoms with Crippen LogP contribution >= 0.6 is 27.3 Å². The van der Waals surface area contributed by atoms with E-state index in [1.807, 2.05) is 0 Å². The monoisotopic (exact) mass is 327 g/mol. The van der Waals surface area contributed by atoms with Crippen LogP contribution in [-0.2, 0) is 10.0 Å². The van der Waals surface area contributed by atoms with Gasteiger partial charge in [0.1, 0.15) is 4.21 Å². The maximum Gasteiger partial charge on any atom is 0.250 e. The fraction of sp³-hybridized carbons (Fsp3) is 0.556. The second-order valence-corrected chi connectivity index (χ2v) is 8.19. The van der Waals surface area contributed by atoms with E-state index in [-0.39, 0.29) is 10.8 Å². The molecule has 0 amide bonds. The van der Waals surface area contributed by atoms with Gasteiger partial charge in [0, 0.05) is 6.54 Å². The number of hydrogen-bond donors (Lipinski definition) is 2. The maximum absolute atomic E-state index is 11.8. The highest BCUT2D eigenvalue weighted by Crippen LogP contribution is 2.25. The average molecular weight is 328 g/mol. The molecular formula is C9H14BrNO3S2. The molecule has 0 saturated heterocycles. The van der Waals surface area contributed by atoms with E-state index < -0.39 is 15.6 Å². The summed E-state index contributed by atoms with van der Waals surface area (Å²) in [5.74, 6) is 0. The van der Waals surface area contributed by atoms with Crippen molar-refractivity contribution in [2.45, 2.75) is 30.1 Å². The Kier molecular flexibility index (Phi) is 4.53. The Morgan fingerprint density at radius 3 is 2.62 bits per heavy atom. The van der Waals surface area contributed by atoms with Crippen LogP contribution in [-0.4, -0.2) is 25.7 Å². The van der Waals surface area contributed by atoms with Crippen molar-refractivity contribution in [1.29, 1.82) is 0 Å². The van der Waals surface area contributed by atoms with E-state index in [4.69, 9.17) is 0 Å². The van der Waals surface area contributed by atoms with Crippen LogP contribution in [0.1, 0.15) is 20.3 Å². The van der Waals surface area contributed by atoms with Crippen LogP contribution in [0.15, 0.2) is 20.1 Å². The molecule has 2 N–H and O–H groups in total. The number of sulfonamides is 1. The van der Waals surface area contributed by atoms with Crippen molar-refractivity contribution in [2.75, 3.05) is 6.54 Å². The average Bonchev–Trinajstić information content (AvgIpc) is 2.63. The first-order valence-corrected chi connectivity index (χ1v) is 7.83. The third kappa shape index (κ3) is 3.81. The minimum absolute atomic E-state index is 0.0152. The summed E-state index contributed by atoms with van der Waals surface area (Å²) in [6.07, 6.45) is 0.490. The minimum Gasteiger partial charge on any atom is -0.389 e. The molecule has 0 fully saturated rings. The van der Waals surface area contributed by atoms with E-state index in [1.54, 1.807) is 19.9 Å². The first-order chi connectivity index (χ1) is 7.27. The van der Waals surface area contributed by atoms with Gasteiger partial charge in [-0.15, -0.1) is 11.3 Å².